The summed E-state index contributed by atoms with van der Waals surface area (Å²) in [7, 11) is 0. The minimum atomic E-state index is 0.820. The number of fused-ring (bicyclic) bond motifs is 1. The molecule has 108 valence electrons. The van der Waals surface area contributed by atoms with E-state index >= 15 is 0 Å². The molecule has 0 aliphatic heterocycles. The van der Waals surface area contributed by atoms with E-state index < -0.39 is 0 Å². The molecule has 1 aromatic carbocycles. The second kappa shape index (κ2) is 6.10. The summed E-state index contributed by atoms with van der Waals surface area (Å²) in [5.74, 6) is 0. The van der Waals surface area contributed by atoms with Crippen LogP contribution < -0.4 is 5.32 Å². The van der Waals surface area contributed by atoms with Crippen LogP contribution in [-0.2, 0) is 13.1 Å². The van der Waals surface area contributed by atoms with Crippen LogP contribution >= 0.6 is 0 Å². The van der Waals surface area contributed by atoms with Crippen molar-refractivity contribution in [2.75, 3.05) is 6.54 Å². The first kappa shape index (κ1) is 13.8. The summed E-state index contributed by atoms with van der Waals surface area (Å²) in [6.07, 6.45) is 4.01. The van der Waals surface area contributed by atoms with Crippen LogP contribution in [0.1, 0.15) is 23.7 Å². The summed E-state index contributed by atoms with van der Waals surface area (Å²) >= 11 is 0. The molecule has 3 heteroatoms. The first-order chi connectivity index (χ1) is 10.3. The van der Waals surface area contributed by atoms with E-state index in [0.29, 0.717) is 0 Å². The van der Waals surface area contributed by atoms with Gasteiger partial charge in [-0.1, -0.05) is 25.1 Å². The Hall–Kier alpha value is -2.13. The average molecular weight is 279 g/mol. The van der Waals surface area contributed by atoms with Crippen molar-refractivity contribution < 1.29 is 0 Å². The molecule has 0 saturated carbocycles. The summed E-state index contributed by atoms with van der Waals surface area (Å²) in [5.41, 5.74) is 4.97. The molecular formula is C18H21N3. The molecule has 21 heavy (non-hydrogen) atoms. The zero-order valence-electron chi connectivity index (χ0n) is 12.6. The minimum Gasteiger partial charge on any atom is -0.341 e. The first-order valence-corrected chi connectivity index (χ1v) is 7.47. The van der Waals surface area contributed by atoms with Crippen molar-refractivity contribution in [3.8, 4) is 0 Å². The fraction of sp³-hybridized carbons (Fsp3) is 0.278. The van der Waals surface area contributed by atoms with E-state index in [1.54, 1.807) is 0 Å². The molecule has 0 radical (unpaired) electrons. The lowest BCUT2D eigenvalue weighted by Crippen LogP contribution is -2.11. The molecular weight excluding hydrogens is 258 g/mol. The zero-order valence-corrected chi connectivity index (χ0v) is 12.6. The number of rotatable bonds is 5. The standard InChI is InChI=1S/C18H21N3/c1-3-19-12-15-6-7-16-8-10-21(18(16)11-15)13-17-14(2)5-4-9-20-17/h4-11,19H,3,12-13H2,1-2H3. The van der Waals surface area contributed by atoms with Gasteiger partial charge in [0.1, 0.15) is 0 Å². The lowest BCUT2D eigenvalue weighted by molar-refractivity contribution is 0.726. The van der Waals surface area contributed by atoms with Crippen molar-refractivity contribution in [2.24, 2.45) is 0 Å². The fourth-order valence-corrected chi connectivity index (χ4v) is 2.59. The molecule has 0 unspecified atom stereocenters. The van der Waals surface area contributed by atoms with Crippen LogP contribution in [0.3, 0.4) is 0 Å². The number of aromatic nitrogens is 2. The molecule has 3 aromatic rings. The molecule has 0 saturated heterocycles. The summed E-state index contributed by atoms with van der Waals surface area (Å²) in [5, 5.41) is 4.66. The van der Waals surface area contributed by atoms with Crippen LogP contribution in [0.5, 0.6) is 0 Å². The van der Waals surface area contributed by atoms with E-state index in [-0.39, 0.29) is 0 Å². The van der Waals surface area contributed by atoms with Gasteiger partial charge in [-0.2, -0.15) is 0 Å². The van der Waals surface area contributed by atoms with Crippen LogP contribution in [0.2, 0.25) is 0 Å². The van der Waals surface area contributed by atoms with Crippen LogP contribution in [0.15, 0.2) is 48.8 Å². The Morgan fingerprint density at radius 2 is 2.10 bits per heavy atom. The largest absolute Gasteiger partial charge is 0.341 e. The Morgan fingerprint density at radius 3 is 2.90 bits per heavy atom. The summed E-state index contributed by atoms with van der Waals surface area (Å²) < 4.78 is 2.28. The van der Waals surface area contributed by atoms with Gasteiger partial charge in [-0.25, -0.2) is 0 Å². The maximum atomic E-state index is 4.50. The van der Waals surface area contributed by atoms with Crippen molar-refractivity contribution >= 4 is 10.9 Å². The first-order valence-electron chi connectivity index (χ1n) is 7.47. The minimum absolute atomic E-state index is 0.820. The lowest BCUT2D eigenvalue weighted by atomic mass is 10.1. The maximum Gasteiger partial charge on any atom is 0.0651 e. The number of pyridine rings is 1. The Bertz CT molecular complexity index is 743. The van der Waals surface area contributed by atoms with Crippen molar-refractivity contribution in [1.29, 1.82) is 0 Å². The van der Waals surface area contributed by atoms with Gasteiger partial charge in [0, 0.05) is 24.5 Å². The molecule has 0 amide bonds. The topological polar surface area (TPSA) is 29.9 Å². The molecule has 3 nitrogen and oxygen atoms in total. The van der Waals surface area contributed by atoms with E-state index in [4.69, 9.17) is 0 Å². The van der Waals surface area contributed by atoms with Crippen LogP contribution in [0.25, 0.3) is 10.9 Å². The number of hydrogen-bond acceptors (Lipinski definition) is 2. The third-order valence-electron chi connectivity index (χ3n) is 3.86. The van der Waals surface area contributed by atoms with Gasteiger partial charge < -0.3 is 9.88 Å². The van der Waals surface area contributed by atoms with Crippen molar-refractivity contribution in [3.05, 3.63) is 65.6 Å². The van der Waals surface area contributed by atoms with E-state index in [2.05, 4.69) is 65.2 Å². The fourth-order valence-electron chi connectivity index (χ4n) is 2.59. The van der Waals surface area contributed by atoms with Crippen LogP contribution in [-0.4, -0.2) is 16.1 Å². The zero-order chi connectivity index (χ0) is 14.7. The van der Waals surface area contributed by atoms with E-state index in [1.807, 2.05) is 12.3 Å². The quantitative estimate of drug-likeness (QED) is 0.774. The number of nitrogens with zero attached hydrogens (tertiary/aromatic N) is 2. The van der Waals surface area contributed by atoms with E-state index in [0.717, 1.165) is 25.3 Å². The number of aryl methyl sites for hydroxylation is 1. The molecule has 0 aliphatic carbocycles. The average Bonchev–Trinajstić information content (AvgIpc) is 2.90. The molecule has 0 bridgehead atoms. The van der Waals surface area contributed by atoms with Gasteiger partial charge in [-0.15, -0.1) is 0 Å². The Labute approximate surface area is 125 Å². The Kier molecular flexibility index (Phi) is 4.02. The summed E-state index contributed by atoms with van der Waals surface area (Å²) in [4.78, 5) is 4.50. The number of hydrogen-bond donors (Lipinski definition) is 1. The summed E-state index contributed by atoms with van der Waals surface area (Å²) in [6, 6.07) is 12.9. The maximum absolute atomic E-state index is 4.50. The molecule has 2 aromatic heterocycles. The highest BCUT2D eigenvalue weighted by atomic mass is 15.0. The lowest BCUT2D eigenvalue weighted by Gasteiger charge is -2.09. The third kappa shape index (κ3) is 2.98. The van der Waals surface area contributed by atoms with Gasteiger partial charge in [-0.05, 0) is 48.2 Å². The van der Waals surface area contributed by atoms with Gasteiger partial charge in [0.05, 0.1) is 12.2 Å². The predicted molar refractivity (Wildman–Crippen MR) is 87.4 cm³/mol. The van der Waals surface area contributed by atoms with Crippen LogP contribution in [0, 0.1) is 6.92 Å². The van der Waals surface area contributed by atoms with Crippen LogP contribution in [0.4, 0.5) is 0 Å². The highest BCUT2D eigenvalue weighted by molar-refractivity contribution is 5.80. The highest BCUT2D eigenvalue weighted by Crippen LogP contribution is 2.19. The van der Waals surface area contributed by atoms with Crippen molar-refractivity contribution in [3.63, 3.8) is 0 Å². The molecule has 0 spiro atoms. The van der Waals surface area contributed by atoms with Crippen molar-refractivity contribution in [2.45, 2.75) is 26.9 Å². The highest BCUT2D eigenvalue weighted by Gasteiger charge is 2.05. The second-order valence-corrected chi connectivity index (χ2v) is 5.38. The molecule has 1 N–H and O–H groups in total. The molecule has 0 atom stereocenters. The monoisotopic (exact) mass is 279 g/mol. The smallest absolute Gasteiger partial charge is 0.0651 e. The van der Waals surface area contributed by atoms with Gasteiger partial charge in [0.2, 0.25) is 0 Å². The van der Waals surface area contributed by atoms with Gasteiger partial charge in [-0.3, -0.25) is 4.98 Å². The van der Waals surface area contributed by atoms with Crippen molar-refractivity contribution in [1.82, 2.24) is 14.9 Å². The molecule has 0 fully saturated rings. The Balaban J connectivity index is 1.93. The van der Waals surface area contributed by atoms with Gasteiger partial charge in [0.15, 0.2) is 0 Å². The van der Waals surface area contributed by atoms with Gasteiger partial charge >= 0.3 is 0 Å². The second-order valence-electron chi connectivity index (χ2n) is 5.38. The van der Waals surface area contributed by atoms with E-state index in [9.17, 15) is 0 Å². The summed E-state index contributed by atoms with van der Waals surface area (Å²) in [6.45, 7) is 6.98. The molecule has 3 rings (SSSR count). The molecule has 0 aliphatic rings. The number of benzene rings is 1. The Morgan fingerprint density at radius 1 is 1.19 bits per heavy atom. The SMILES string of the molecule is CCNCc1ccc2ccn(Cc3ncccc3C)c2c1. The third-order valence-corrected chi connectivity index (χ3v) is 3.86. The normalized spacial score (nSPS) is 11.1. The number of nitrogens with one attached hydrogen (secondary N) is 1. The molecule has 2 heterocycles. The van der Waals surface area contributed by atoms with E-state index in [1.165, 1.54) is 22.0 Å². The van der Waals surface area contributed by atoms with Gasteiger partial charge in [0.25, 0.3) is 0 Å². The predicted octanol–water partition coefficient (Wildman–Crippen LogP) is 3.50.